The van der Waals surface area contributed by atoms with Gasteiger partial charge in [0.25, 0.3) is 0 Å². The molecule has 0 aliphatic heterocycles. The van der Waals surface area contributed by atoms with Crippen LogP contribution < -0.4 is 15.9 Å². The monoisotopic (exact) mass is 365 g/mol. The molecular weight excluding hydrogens is 356 g/mol. The Morgan fingerprint density at radius 2 is 1.32 bits per heavy atom. The lowest BCUT2D eigenvalue weighted by Crippen LogP contribution is -2.22. The number of pyridine rings is 1. The Kier molecular flexibility index (Phi) is 5.00. The van der Waals surface area contributed by atoms with Crippen molar-refractivity contribution in [3.05, 3.63) is 82.1 Å². The average molecular weight is 367 g/mol. The van der Waals surface area contributed by atoms with Gasteiger partial charge in [-0.05, 0) is 54.9 Å². The normalized spacial score (nSPS) is 10.9. The molecular formula is C17H11Cl3NP. The molecule has 0 N–H and O–H groups in total. The molecule has 3 aromatic rings. The fraction of sp³-hybridized carbons (Fsp3) is 0. The molecule has 0 amide bonds. The number of nitrogens with zero attached hydrogens (tertiary/aromatic N) is 1. The van der Waals surface area contributed by atoms with E-state index in [0.717, 1.165) is 15.9 Å². The van der Waals surface area contributed by atoms with Crippen LogP contribution in [0.15, 0.2) is 66.9 Å². The molecule has 3 rings (SSSR count). The highest BCUT2D eigenvalue weighted by atomic mass is 35.5. The Morgan fingerprint density at radius 1 is 0.727 bits per heavy atom. The van der Waals surface area contributed by atoms with Crippen LogP contribution in [-0.2, 0) is 0 Å². The molecule has 1 heterocycles. The molecule has 0 saturated heterocycles. The van der Waals surface area contributed by atoms with E-state index in [1.165, 1.54) is 0 Å². The predicted molar refractivity (Wildman–Crippen MR) is 98.0 cm³/mol. The summed E-state index contributed by atoms with van der Waals surface area (Å²) in [5, 5.41) is 5.12. The summed E-state index contributed by atoms with van der Waals surface area (Å²) in [5.74, 6) is 0. The van der Waals surface area contributed by atoms with E-state index in [1.54, 1.807) is 6.20 Å². The Balaban J connectivity index is 2.21. The van der Waals surface area contributed by atoms with Gasteiger partial charge in [0.2, 0.25) is 0 Å². The summed E-state index contributed by atoms with van der Waals surface area (Å²) in [5.41, 5.74) is 0. The summed E-state index contributed by atoms with van der Waals surface area (Å²) >= 11 is 18.7. The zero-order valence-corrected chi connectivity index (χ0v) is 14.5. The lowest BCUT2D eigenvalue weighted by atomic mass is 10.4. The Bertz CT molecular complexity index is 762. The van der Waals surface area contributed by atoms with Crippen molar-refractivity contribution in [3.8, 4) is 0 Å². The first-order chi connectivity index (χ1) is 10.6. The van der Waals surface area contributed by atoms with Crippen molar-refractivity contribution in [2.75, 3.05) is 0 Å². The van der Waals surface area contributed by atoms with Gasteiger partial charge in [-0.15, -0.1) is 0 Å². The highest BCUT2D eigenvalue weighted by Crippen LogP contribution is 2.36. The molecule has 0 aliphatic rings. The van der Waals surface area contributed by atoms with E-state index in [9.17, 15) is 0 Å². The fourth-order valence-corrected chi connectivity index (χ4v) is 5.45. The van der Waals surface area contributed by atoms with Crippen molar-refractivity contribution in [1.82, 2.24) is 4.98 Å². The molecule has 0 fully saturated rings. The smallest absolute Gasteiger partial charge is 0.137 e. The molecule has 2 aromatic carbocycles. The molecule has 0 spiro atoms. The lowest BCUT2D eigenvalue weighted by Gasteiger charge is -2.20. The minimum absolute atomic E-state index is 0.508. The van der Waals surface area contributed by atoms with Gasteiger partial charge in [-0.25, -0.2) is 4.98 Å². The molecule has 22 heavy (non-hydrogen) atoms. The third-order valence-electron chi connectivity index (χ3n) is 3.11. The maximum Gasteiger partial charge on any atom is 0.137 e. The first kappa shape index (κ1) is 15.8. The van der Waals surface area contributed by atoms with Crippen LogP contribution in [0.2, 0.25) is 15.2 Å². The number of aromatic nitrogens is 1. The van der Waals surface area contributed by atoms with E-state index in [2.05, 4.69) is 17.1 Å². The van der Waals surface area contributed by atoms with Gasteiger partial charge >= 0.3 is 0 Å². The molecule has 1 nitrogen and oxygen atoms in total. The third kappa shape index (κ3) is 3.45. The van der Waals surface area contributed by atoms with E-state index in [1.807, 2.05) is 48.5 Å². The van der Waals surface area contributed by atoms with E-state index < -0.39 is 7.92 Å². The fourth-order valence-electron chi connectivity index (χ4n) is 2.20. The Hall–Kier alpha value is -1.11. The van der Waals surface area contributed by atoms with Crippen molar-refractivity contribution >= 4 is 58.6 Å². The highest BCUT2D eigenvalue weighted by molar-refractivity contribution is 7.80. The maximum absolute atomic E-state index is 6.34. The summed E-state index contributed by atoms with van der Waals surface area (Å²) in [6.45, 7) is 0. The summed E-state index contributed by atoms with van der Waals surface area (Å²) in [4.78, 5) is 4.21. The second-order valence-corrected chi connectivity index (χ2v) is 8.02. The zero-order chi connectivity index (χ0) is 15.5. The minimum atomic E-state index is -0.863. The highest BCUT2D eigenvalue weighted by Gasteiger charge is 2.20. The van der Waals surface area contributed by atoms with Gasteiger partial charge in [0.1, 0.15) is 5.15 Å². The van der Waals surface area contributed by atoms with Crippen molar-refractivity contribution in [2.24, 2.45) is 0 Å². The van der Waals surface area contributed by atoms with Crippen LogP contribution in [-0.4, -0.2) is 4.98 Å². The first-order valence-electron chi connectivity index (χ1n) is 6.57. The maximum atomic E-state index is 6.34. The molecule has 0 bridgehead atoms. The van der Waals surface area contributed by atoms with Crippen molar-refractivity contribution in [2.45, 2.75) is 0 Å². The number of benzene rings is 2. The largest absolute Gasteiger partial charge is 0.244 e. The van der Waals surface area contributed by atoms with Crippen molar-refractivity contribution in [1.29, 1.82) is 0 Å². The van der Waals surface area contributed by atoms with Gasteiger partial charge in [-0.2, -0.15) is 0 Å². The van der Waals surface area contributed by atoms with Crippen LogP contribution in [0.5, 0.6) is 0 Å². The zero-order valence-electron chi connectivity index (χ0n) is 11.4. The summed E-state index contributed by atoms with van der Waals surface area (Å²) in [7, 11) is -0.863. The first-order valence-corrected chi connectivity index (χ1v) is 9.04. The molecule has 110 valence electrons. The second kappa shape index (κ2) is 6.98. The van der Waals surface area contributed by atoms with E-state index in [4.69, 9.17) is 34.8 Å². The van der Waals surface area contributed by atoms with Crippen LogP contribution in [0.3, 0.4) is 0 Å². The van der Waals surface area contributed by atoms with Gasteiger partial charge < -0.3 is 0 Å². The van der Waals surface area contributed by atoms with E-state index in [0.29, 0.717) is 15.2 Å². The van der Waals surface area contributed by atoms with E-state index >= 15 is 0 Å². The van der Waals surface area contributed by atoms with Crippen LogP contribution in [0.1, 0.15) is 0 Å². The third-order valence-corrected chi connectivity index (χ3v) is 6.45. The number of rotatable bonds is 3. The molecule has 0 aliphatic carbocycles. The number of hydrogen-bond acceptors (Lipinski definition) is 1. The molecule has 0 unspecified atom stereocenters. The number of halogens is 3. The van der Waals surface area contributed by atoms with Gasteiger partial charge in [0, 0.05) is 21.5 Å². The molecule has 0 atom stereocenters. The molecule has 0 saturated carbocycles. The van der Waals surface area contributed by atoms with Gasteiger partial charge in [0.05, 0.1) is 0 Å². The summed E-state index contributed by atoms with van der Waals surface area (Å²) < 4.78 is 0. The topological polar surface area (TPSA) is 12.9 Å². The lowest BCUT2D eigenvalue weighted by molar-refractivity contribution is 1.35. The SMILES string of the molecule is Clc1cccc(P(c2cccc(Cl)c2)c2cccnc2Cl)c1. The van der Waals surface area contributed by atoms with Gasteiger partial charge in [0.15, 0.2) is 0 Å². The predicted octanol–water partition coefficient (Wildman–Crippen LogP) is 4.80. The Labute approximate surface area is 145 Å². The summed E-state index contributed by atoms with van der Waals surface area (Å²) in [6.07, 6.45) is 1.69. The standard InChI is InChI=1S/C17H11Cl3NP/c18-12-4-1-6-14(10-12)22(15-7-2-5-13(19)11-15)16-8-3-9-21-17(16)20/h1-11H. The molecule has 5 heteroatoms. The quantitative estimate of drug-likeness (QED) is 0.479. The second-order valence-electron chi connectivity index (χ2n) is 4.61. The van der Waals surface area contributed by atoms with Crippen LogP contribution in [0.4, 0.5) is 0 Å². The summed E-state index contributed by atoms with van der Waals surface area (Å²) in [6, 6.07) is 19.6. The average Bonchev–Trinajstić information content (AvgIpc) is 2.50. The van der Waals surface area contributed by atoms with E-state index in [-0.39, 0.29) is 0 Å². The van der Waals surface area contributed by atoms with Crippen LogP contribution >= 0.6 is 42.7 Å². The van der Waals surface area contributed by atoms with Gasteiger partial charge in [-0.3, -0.25) is 0 Å². The van der Waals surface area contributed by atoms with Crippen molar-refractivity contribution in [3.63, 3.8) is 0 Å². The molecule has 0 radical (unpaired) electrons. The van der Waals surface area contributed by atoms with Crippen LogP contribution in [0.25, 0.3) is 0 Å². The Morgan fingerprint density at radius 3 is 1.82 bits per heavy atom. The molecule has 1 aromatic heterocycles. The number of hydrogen-bond donors (Lipinski definition) is 0. The van der Waals surface area contributed by atoms with Crippen molar-refractivity contribution < 1.29 is 0 Å². The van der Waals surface area contributed by atoms with Crippen LogP contribution in [0, 0.1) is 0 Å². The van der Waals surface area contributed by atoms with Gasteiger partial charge in [-0.1, -0.05) is 59.1 Å². The minimum Gasteiger partial charge on any atom is -0.244 e.